The minimum atomic E-state index is 0.0379. The molecule has 0 N–H and O–H groups in total. The molecule has 2 heterocycles. The summed E-state index contributed by atoms with van der Waals surface area (Å²) in [6.45, 7) is 0. The third-order valence-corrected chi connectivity index (χ3v) is 6.35. The molecule has 32 heavy (non-hydrogen) atoms. The van der Waals surface area contributed by atoms with Crippen LogP contribution in [-0.2, 0) is 6.42 Å². The Kier molecular flexibility index (Phi) is 4.69. The largest absolute Gasteiger partial charge is 0.317 e. The fourth-order valence-corrected chi connectivity index (χ4v) is 4.88. The van der Waals surface area contributed by atoms with Crippen molar-refractivity contribution in [1.29, 1.82) is 0 Å². The van der Waals surface area contributed by atoms with Gasteiger partial charge in [0, 0.05) is 10.8 Å². The standard InChI is InChI=1S/C28H24N4/c1-2-11-21(12-3-1)13-10-20-28(32-27-19-9-6-16-24(27)29-30-32)31-25-17-7-4-14-22(25)23-15-5-8-18-26(23)31/h1-9,11-12,14-19,28H,10,13,20H2. The molecule has 0 aliphatic heterocycles. The smallest absolute Gasteiger partial charge is 0.129 e. The number of aromatic nitrogens is 4. The van der Waals surface area contributed by atoms with Crippen molar-refractivity contribution in [3.8, 4) is 0 Å². The first-order valence-electron chi connectivity index (χ1n) is 11.2. The number of para-hydroxylation sites is 3. The summed E-state index contributed by atoms with van der Waals surface area (Å²) in [5, 5.41) is 11.7. The Morgan fingerprint density at radius 2 is 1.22 bits per heavy atom. The lowest BCUT2D eigenvalue weighted by atomic mass is 10.1. The fourth-order valence-electron chi connectivity index (χ4n) is 4.88. The quantitative estimate of drug-likeness (QED) is 0.306. The van der Waals surface area contributed by atoms with Gasteiger partial charge in [0.25, 0.3) is 0 Å². The monoisotopic (exact) mass is 416 g/mol. The van der Waals surface area contributed by atoms with E-state index in [1.807, 2.05) is 12.1 Å². The van der Waals surface area contributed by atoms with Crippen LogP contribution in [0.1, 0.15) is 24.6 Å². The zero-order valence-corrected chi connectivity index (χ0v) is 17.8. The van der Waals surface area contributed by atoms with Crippen LogP contribution in [-0.4, -0.2) is 19.6 Å². The van der Waals surface area contributed by atoms with Gasteiger partial charge in [-0.25, -0.2) is 4.68 Å². The molecule has 0 aliphatic rings. The Labute approximate surface area is 186 Å². The van der Waals surface area contributed by atoms with Crippen LogP contribution in [0.2, 0.25) is 0 Å². The molecule has 0 bridgehead atoms. The van der Waals surface area contributed by atoms with Crippen molar-refractivity contribution in [1.82, 2.24) is 19.6 Å². The van der Waals surface area contributed by atoms with Crippen molar-refractivity contribution in [3.05, 3.63) is 109 Å². The molecule has 0 saturated heterocycles. The van der Waals surface area contributed by atoms with E-state index in [1.165, 1.54) is 27.4 Å². The maximum atomic E-state index is 4.64. The molecule has 4 aromatic carbocycles. The average molecular weight is 417 g/mol. The molecule has 0 aliphatic carbocycles. The van der Waals surface area contributed by atoms with Crippen LogP contribution in [0.4, 0.5) is 0 Å². The van der Waals surface area contributed by atoms with E-state index in [0.29, 0.717) is 0 Å². The highest BCUT2D eigenvalue weighted by atomic mass is 15.5. The molecule has 1 atom stereocenters. The van der Waals surface area contributed by atoms with E-state index in [9.17, 15) is 0 Å². The van der Waals surface area contributed by atoms with Crippen LogP contribution < -0.4 is 0 Å². The van der Waals surface area contributed by atoms with Gasteiger partial charge in [0.2, 0.25) is 0 Å². The molecule has 0 radical (unpaired) electrons. The Balaban J connectivity index is 1.51. The summed E-state index contributed by atoms with van der Waals surface area (Å²) in [6.07, 6.45) is 3.10. The van der Waals surface area contributed by atoms with Crippen LogP contribution in [0, 0.1) is 0 Å². The zero-order chi connectivity index (χ0) is 21.3. The molecule has 0 amide bonds. The highest BCUT2D eigenvalue weighted by Gasteiger charge is 2.22. The molecule has 4 nitrogen and oxygen atoms in total. The van der Waals surface area contributed by atoms with Crippen LogP contribution in [0.25, 0.3) is 32.8 Å². The first-order chi connectivity index (χ1) is 15.9. The van der Waals surface area contributed by atoms with Crippen molar-refractivity contribution in [3.63, 3.8) is 0 Å². The van der Waals surface area contributed by atoms with Gasteiger partial charge >= 0.3 is 0 Å². The molecule has 0 fully saturated rings. The van der Waals surface area contributed by atoms with Gasteiger partial charge in [0.05, 0.1) is 16.6 Å². The predicted molar refractivity (Wildman–Crippen MR) is 131 cm³/mol. The molecule has 4 heteroatoms. The molecule has 6 aromatic rings. The number of rotatable bonds is 6. The predicted octanol–water partition coefficient (Wildman–Crippen LogP) is 6.61. The first-order valence-corrected chi connectivity index (χ1v) is 11.2. The minimum absolute atomic E-state index is 0.0379. The van der Waals surface area contributed by atoms with Gasteiger partial charge in [0.15, 0.2) is 0 Å². The van der Waals surface area contributed by atoms with Gasteiger partial charge in [-0.15, -0.1) is 5.10 Å². The first kappa shape index (κ1) is 18.8. The normalized spacial score (nSPS) is 12.6. The maximum Gasteiger partial charge on any atom is 0.129 e. The highest BCUT2D eigenvalue weighted by molar-refractivity contribution is 6.08. The number of hydrogen-bond acceptors (Lipinski definition) is 2. The topological polar surface area (TPSA) is 35.6 Å². The van der Waals surface area contributed by atoms with Crippen molar-refractivity contribution in [2.75, 3.05) is 0 Å². The molecule has 0 spiro atoms. The molecule has 0 saturated carbocycles. The van der Waals surface area contributed by atoms with E-state index < -0.39 is 0 Å². The summed E-state index contributed by atoms with van der Waals surface area (Å²) < 4.78 is 4.57. The van der Waals surface area contributed by atoms with E-state index in [1.54, 1.807) is 0 Å². The third kappa shape index (κ3) is 3.16. The lowest BCUT2D eigenvalue weighted by molar-refractivity contribution is 0.378. The summed E-state index contributed by atoms with van der Waals surface area (Å²) in [7, 11) is 0. The van der Waals surface area contributed by atoms with E-state index in [0.717, 1.165) is 30.3 Å². The second kappa shape index (κ2) is 7.97. The van der Waals surface area contributed by atoms with Crippen molar-refractivity contribution in [2.24, 2.45) is 0 Å². The van der Waals surface area contributed by atoms with Crippen molar-refractivity contribution >= 4 is 32.8 Å². The van der Waals surface area contributed by atoms with E-state index in [2.05, 4.69) is 111 Å². The molecule has 156 valence electrons. The molecule has 6 rings (SSSR count). The summed E-state index contributed by atoms with van der Waals surface area (Å²) in [4.78, 5) is 0. The highest BCUT2D eigenvalue weighted by Crippen LogP contribution is 2.34. The average Bonchev–Trinajstić information content (AvgIpc) is 3.43. The second-order valence-corrected chi connectivity index (χ2v) is 8.29. The maximum absolute atomic E-state index is 4.64. The Morgan fingerprint density at radius 1 is 0.625 bits per heavy atom. The van der Waals surface area contributed by atoms with Gasteiger partial charge in [-0.1, -0.05) is 84.1 Å². The molecular weight excluding hydrogens is 392 g/mol. The number of nitrogens with zero attached hydrogens (tertiary/aromatic N) is 4. The summed E-state index contributed by atoms with van der Waals surface area (Å²) in [5.74, 6) is 0. The Hall–Kier alpha value is -3.92. The Morgan fingerprint density at radius 3 is 1.94 bits per heavy atom. The number of aryl methyl sites for hydroxylation is 1. The van der Waals surface area contributed by atoms with Gasteiger partial charge in [0.1, 0.15) is 11.7 Å². The zero-order valence-electron chi connectivity index (χ0n) is 17.8. The summed E-state index contributed by atoms with van der Waals surface area (Å²) in [6, 6.07) is 36.3. The number of fused-ring (bicyclic) bond motifs is 4. The van der Waals surface area contributed by atoms with Crippen molar-refractivity contribution < 1.29 is 0 Å². The fraction of sp³-hybridized carbons (Fsp3) is 0.143. The lowest BCUT2D eigenvalue weighted by Crippen LogP contribution is -2.20. The van der Waals surface area contributed by atoms with Crippen LogP contribution in [0.3, 0.4) is 0 Å². The van der Waals surface area contributed by atoms with E-state index in [-0.39, 0.29) is 6.17 Å². The summed E-state index contributed by atoms with van der Waals surface area (Å²) in [5.41, 5.74) is 5.84. The van der Waals surface area contributed by atoms with Gasteiger partial charge in [-0.3, -0.25) is 0 Å². The number of benzene rings is 4. The SMILES string of the molecule is c1ccc(CCCC(n2nnc3ccccc32)n2c3ccccc3c3ccccc32)cc1. The van der Waals surface area contributed by atoms with Crippen LogP contribution in [0.5, 0.6) is 0 Å². The molecule has 1 unspecified atom stereocenters. The third-order valence-electron chi connectivity index (χ3n) is 6.35. The molecule has 2 aromatic heterocycles. The van der Waals surface area contributed by atoms with Crippen LogP contribution in [0.15, 0.2) is 103 Å². The number of hydrogen-bond donors (Lipinski definition) is 0. The second-order valence-electron chi connectivity index (χ2n) is 8.29. The minimum Gasteiger partial charge on any atom is -0.317 e. The van der Waals surface area contributed by atoms with E-state index >= 15 is 0 Å². The van der Waals surface area contributed by atoms with Gasteiger partial charge < -0.3 is 4.57 Å². The van der Waals surface area contributed by atoms with Crippen LogP contribution >= 0.6 is 0 Å². The van der Waals surface area contributed by atoms with Crippen molar-refractivity contribution in [2.45, 2.75) is 25.4 Å². The molecular formula is C28H24N4. The van der Waals surface area contributed by atoms with E-state index in [4.69, 9.17) is 0 Å². The summed E-state index contributed by atoms with van der Waals surface area (Å²) >= 11 is 0. The van der Waals surface area contributed by atoms with Gasteiger partial charge in [-0.2, -0.15) is 0 Å². The lowest BCUT2D eigenvalue weighted by Gasteiger charge is -2.22. The van der Waals surface area contributed by atoms with Gasteiger partial charge in [-0.05, 0) is 49.1 Å². The Bertz CT molecular complexity index is 1460.